The largest absolute Gasteiger partial charge is 0.394 e. The molecule has 0 aliphatic carbocycles. The van der Waals surface area contributed by atoms with Gasteiger partial charge in [0.05, 0.1) is 51.8 Å². The van der Waals surface area contributed by atoms with Gasteiger partial charge in [0.25, 0.3) is 0 Å². The predicted molar refractivity (Wildman–Crippen MR) is 243 cm³/mol. The maximum absolute atomic E-state index is 13.3. The summed E-state index contributed by atoms with van der Waals surface area (Å²) < 4.78 is 71.1. The maximum atomic E-state index is 13.3. The zero-order chi connectivity index (χ0) is 58.6. The summed E-state index contributed by atoms with van der Waals surface area (Å²) in [4.78, 5) is 13.3. The van der Waals surface area contributed by atoms with Gasteiger partial charge in [0, 0.05) is 6.92 Å². The number of amides is 1. The van der Waals surface area contributed by atoms with Crippen LogP contribution in [0.2, 0.25) is 0 Å². The molecule has 35 heteroatoms. The van der Waals surface area contributed by atoms with Gasteiger partial charge >= 0.3 is 0 Å². The Balaban J connectivity index is 1.44. The molecule has 6 rings (SSSR count). The highest BCUT2D eigenvalue weighted by Crippen LogP contribution is 2.39. The molecule has 6 aliphatic rings. The molecule has 6 fully saturated rings. The van der Waals surface area contributed by atoms with Gasteiger partial charge in [-0.25, -0.2) is 0 Å². The number of rotatable bonds is 22. The molecule has 0 aromatic carbocycles. The second-order valence-electron chi connectivity index (χ2n) is 20.0. The van der Waals surface area contributed by atoms with Crippen molar-refractivity contribution in [3.63, 3.8) is 0 Å². The summed E-state index contributed by atoms with van der Waals surface area (Å²) in [5.41, 5.74) is 0. The third-order valence-corrected chi connectivity index (χ3v) is 14.5. The highest BCUT2D eigenvalue weighted by Gasteiger charge is 2.60. The van der Waals surface area contributed by atoms with Crippen molar-refractivity contribution in [2.75, 3.05) is 39.6 Å². The Hall–Kier alpha value is -1.85. The van der Waals surface area contributed by atoms with Crippen LogP contribution in [0.25, 0.3) is 0 Å². The molecular weight excluding hydrogens is 1090 g/mol. The molecule has 6 heterocycles. The van der Waals surface area contributed by atoms with Crippen LogP contribution in [0.15, 0.2) is 0 Å². The van der Waals surface area contributed by atoms with Crippen LogP contribution in [0, 0.1) is 0 Å². The van der Waals surface area contributed by atoms with Crippen LogP contribution < -0.4 is 5.32 Å². The standard InChI is InChI=1S/C44H77NO34/c1-10-20(55)26(61)29(64)40(68-10)76-35-19(45-12(3)52)39(77-36-24(59)16(7-49)71-43(32(36)67)74-33(14(54)5-47)22(57)13(53)4-46)73-18(9-51)34(35)75-44-38(79-41-30(65)27(62)21(56)11(2)69-41)37(25(60)17(8-50)72-44)78-42-31(66)28(63)23(58)15(6-48)70-42/h10-11,13-44,46-51,53-67H,4-9H2,1-3H3,(H,45,52)/t10-,11-,13-,14+,15+,16+,17+,18+,19+,20+,21+,22+,23-,24-,25-,26+,27+,28-,29-,30-,31+,32+,33+,34+,35+,36-,37-,38+,39-,40-,41-,42+,43-,44-/m0/s1. The fraction of sp³-hybridized carbons (Fsp3) is 0.977. The first kappa shape index (κ1) is 66.3. The third kappa shape index (κ3) is 14.5. The van der Waals surface area contributed by atoms with E-state index in [0.717, 1.165) is 6.92 Å². The number of carbonyl (C=O) groups excluding carboxylic acids is 1. The third-order valence-electron chi connectivity index (χ3n) is 14.5. The number of aliphatic hydroxyl groups is 21. The van der Waals surface area contributed by atoms with Crippen LogP contribution in [0.1, 0.15) is 20.8 Å². The Labute approximate surface area is 448 Å². The van der Waals surface area contributed by atoms with Crippen LogP contribution in [-0.4, -0.2) is 361 Å². The van der Waals surface area contributed by atoms with E-state index in [1.54, 1.807) is 0 Å². The molecule has 6 saturated heterocycles. The molecule has 0 aromatic rings. The highest BCUT2D eigenvalue weighted by molar-refractivity contribution is 5.73. The van der Waals surface area contributed by atoms with Crippen LogP contribution in [0.4, 0.5) is 0 Å². The van der Waals surface area contributed by atoms with Crippen LogP contribution >= 0.6 is 0 Å². The van der Waals surface area contributed by atoms with Gasteiger partial charge in [-0.15, -0.1) is 0 Å². The first-order chi connectivity index (χ1) is 37.3. The molecular formula is C44H77NO34. The van der Waals surface area contributed by atoms with Crippen molar-refractivity contribution in [2.24, 2.45) is 0 Å². The Morgan fingerprint density at radius 3 is 1.29 bits per heavy atom. The molecule has 34 atom stereocenters. The van der Waals surface area contributed by atoms with Gasteiger partial charge < -0.3 is 169 Å². The number of hydrogen-bond acceptors (Lipinski definition) is 34. The summed E-state index contributed by atoms with van der Waals surface area (Å²) in [5, 5.41) is 227. The highest BCUT2D eigenvalue weighted by atomic mass is 16.8. The van der Waals surface area contributed by atoms with Gasteiger partial charge in [-0.05, 0) is 13.8 Å². The van der Waals surface area contributed by atoms with Gasteiger partial charge in [-0.1, -0.05) is 0 Å². The van der Waals surface area contributed by atoms with Crippen molar-refractivity contribution in [3.8, 4) is 0 Å². The van der Waals surface area contributed by atoms with E-state index < -0.39 is 254 Å². The first-order valence-electron chi connectivity index (χ1n) is 25.3. The summed E-state index contributed by atoms with van der Waals surface area (Å²) in [6, 6.07) is -1.97. The molecule has 0 bridgehead atoms. The van der Waals surface area contributed by atoms with Crippen molar-refractivity contribution in [1.29, 1.82) is 0 Å². The van der Waals surface area contributed by atoms with Crippen molar-refractivity contribution in [2.45, 2.75) is 229 Å². The minimum absolute atomic E-state index is 0.947. The van der Waals surface area contributed by atoms with Crippen LogP contribution in [0.3, 0.4) is 0 Å². The number of carbonyl (C=O) groups is 1. The lowest BCUT2D eigenvalue weighted by Gasteiger charge is -2.52. The molecule has 35 nitrogen and oxygen atoms in total. The van der Waals surface area contributed by atoms with Crippen molar-refractivity contribution >= 4 is 5.91 Å². The van der Waals surface area contributed by atoms with E-state index in [-0.39, 0.29) is 0 Å². The monoisotopic (exact) mass is 1160 g/mol. The fourth-order valence-electron chi connectivity index (χ4n) is 9.85. The topological polar surface area (TPSA) is 565 Å². The van der Waals surface area contributed by atoms with Crippen LogP contribution in [0.5, 0.6) is 0 Å². The van der Waals surface area contributed by atoms with Crippen molar-refractivity contribution < 1.29 is 169 Å². The van der Waals surface area contributed by atoms with E-state index in [1.165, 1.54) is 13.8 Å². The fourth-order valence-corrected chi connectivity index (χ4v) is 9.85. The minimum atomic E-state index is -2.32. The summed E-state index contributed by atoms with van der Waals surface area (Å²) in [6.45, 7) is -3.15. The minimum Gasteiger partial charge on any atom is -0.394 e. The molecule has 462 valence electrons. The van der Waals surface area contributed by atoms with E-state index in [1.807, 2.05) is 0 Å². The number of ether oxygens (including phenoxy) is 12. The zero-order valence-corrected chi connectivity index (χ0v) is 42.6. The van der Waals surface area contributed by atoms with E-state index >= 15 is 0 Å². The number of aliphatic hydroxyl groups excluding tert-OH is 21. The normalized spacial score (nSPS) is 48.7. The summed E-state index contributed by atoms with van der Waals surface area (Å²) in [5.74, 6) is -0.962. The maximum Gasteiger partial charge on any atom is 0.217 e. The molecule has 0 unspecified atom stereocenters. The summed E-state index contributed by atoms with van der Waals surface area (Å²) >= 11 is 0. The number of nitrogens with one attached hydrogen (secondary N) is 1. The zero-order valence-electron chi connectivity index (χ0n) is 42.6. The molecule has 0 aromatic heterocycles. The SMILES string of the molecule is CC(=O)N[C@H]1[C@H](O[C@H]2[C@@H](O)[C@@H](CO)O[C@@H](O[C@@H]([C@H](O)[C@@H](O)CO)[C@H](O)CO)[C@@H]2O)O[C@H](CO)[C@@H](O[C@@H]2O[C@H](CO)[C@H](O)[C@H](O[C@H]3O[C@H](CO)[C@H](O)[C@H](O)[C@H]3O)[C@H]2O[C@@H]2O[C@@H](C)[C@@H](O)[C@@H](O)[C@@H]2O)[C@@H]1O[C@@H]1O[C@@H](C)[C@@H](O)[C@@H](O)[C@@H]1O. The quantitative estimate of drug-likeness (QED) is 0.0479. The molecule has 79 heavy (non-hydrogen) atoms. The molecule has 1 amide bonds. The summed E-state index contributed by atoms with van der Waals surface area (Å²) in [7, 11) is 0. The first-order valence-corrected chi connectivity index (χ1v) is 25.3. The van der Waals surface area contributed by atoms with E-state index in [2.05, 4.69) is 5.32 Å². The Morgan fingerprint density at radius 1 is 0.405 bits per heavy atom. The average Bonchev–Trinajstić information content (AvgIpc) is 3.49. The van der Waals surface area contributed by atoms with E-state index in [0.29, 0.717) is 0 Å². The van der Waals surface area contributed by atoms with Gasteiger partial charge in [0.15, 0.2) is 37.7 Å². The van der Waals surface area contributed by atoms with E-state index in [4.69, 9.17) is 56.8 Å². The second-order valence-corrected chi connectivity index (χ2v) is 20.0. The lowest BCUT2D eigenvalue weighted by Crippen LogP contribution is -2.72. The van der Waals surface area contributed by atoms with Gasteiger partial charge in [-0.2, -0.15) is 0 Å². The van der Waals surface area contributed by atoms with Crippen molar-refractivity contribution in [1.82, 2.24) is 5.32 Å². The molecule has 0 spiro atoms. The molecule has 6 aliphatic heterocycles. The van der Waals surface area contributed by atoms with E-state index in [9.17, 15) is 112 Å². The second kappa shape index (κ2) is 28.8. The van der Waals surface area contributed by atoms with Gasteiger partial charge in [-0.3, -0.25) is 4.79 Å². The Bertz CT molecular complexity index is 1850. The lowest BCUT2D eigenvalue weighted by molar-refractivity contribution is -0.411. The Kier molecular flexibility index (Phi) is 24.2. The number of hydrogen-bond donors (Lipinski definition) is 22. The van der Waals surface area contributed by atoms with Gasteiger partial charge in [0.2, 0.25) is 5.91 Å². The smallest absolute Gasteiger partial charge is 0.217 e. The average molecular weight is 1160 g/mol. The molecule has 0 saturated carbocycles. The Morgan fingerprint density at radius 2 is 0.797 bits per heavy atom. The molecule has 22 N–H and O–H groups in total. The van der Waals surface area contributed by atoms with Crippen LogP contribution in [-0.2, 0) is 61.6 Å². The lowest BCUT2D eigenvalue weighted by atomic mass is 9.93. The van der Waals surface area contributed by atoms with Gasteiger partial charge in [0.1, 0.15) is 159 Å². The summed E-state index contributed by atoms with van der Waals surface area (Å²) in [6.07, 6.45) is -66.1. The van der Waals surface area contributed by atoms with Crippen molar-refractivity contribution in [3.05, 3.63) is 0 Å². The predicted octanol–water partition coefficient (Wildman–Crippen LogP) is -14.4. The molecule has 0 radical (unpaired) electrons.